The molecular formula is C30H28N6. The van der Waals surface area contributed by atoms with Gasteiger partial charge >= 0.3 is 0 Å². The Morgan fingerprint density at radius 3 is 2.53 bits per heavy atom. The van der Waals surface area contributed by atoms with E-state index in [1.54, 1.807) is 12.4 Å². The Hall–Kier alpha value is -4.89. The highest BCUT2D eigenvalue weighted by Crippen LogP contribution is 2.31. The third-order valence-corrected chi connectivity index (χ3v) is 5.91. The van der Waals surface area contributed by atoms with Gasteiger partial charge in [-0.15, -0.1) is 12.8 Å². The maximum atomic E-state index is 6.27. The van der Waals surface area contributed by atoms with Gasteiger partial charge in [-0.1, -0.05) is 25.6 Å². The number of benzene rings is 1. The van der Waals surface area contributed by atoms with E-state index in [4.69, 9.17) is 5.73 Å². The summed E-state index contributed by atoms with van der Waals surface area (Å²) in [5.41, 5.74) is 15.5. The number of aromatic nitrogens is 4. The molecule has 0 bridgehead atoms. The molecule has 6 heteroatoms. The normalized spacial score (nSPS) is 10.4. The van der Waals surface area contributed by atoms with Crippen LogP contribution < -0.4 is 11.1 Å². The van der Waals surface area contributed by atoms with Crippen molar-refractivity contribution in [2.75, 3.05) is 11.1 Å². The van der Waals surface area contributed by atoms with Crippen LogP contribution in [0.5, 0.6) is 0 Å². The minimum atomic E-state index is 0.526. The van der Waals surface area contributed by atoms with Crippen LogP contribution in [0.4, 0.5) is 11.5 Å². The quantitative estimate of drug-likeness (QED) is 0.237. The monoisotopic (exact) mass is 472 g/mol. The van der Waals surface area contributed by atoms with Crippen molar-refractivity contribution < 1.29 is 0 Å². The molecule has 6 nitrogen and oxygen atoms in total. The van der Waals surface area contributed by atoms with Crippen LogP contribution in [-0.2, 0) is 6.42 Å². The Kier molecular flexibility index (Phi) is 7.42. The number of terminal acetylenes is 1. The number of hydrogen-bond acceptors (Lipinski definition) is 5. The van der Waals surface area contributed by atoms with Crippen molar-refractivity contribution in [3.05, 3.63) is 103 Å². The number of hydrogen-bond donors (Lipinski definition) is 3. The van der Waals surface area contributed by atoms with Gasteiger partial charge in [0, 0.05) is 70.2 Å². The van der Waals surface area contributed by atoms with Gasteiger partial charge in [-0.25, -0.2) is 4.98 Å². The van der Waals surface area contributed by atoms with E-state index in [1.165, 1.54) is 10.9 Å². The van der Waals surface area contributed by atoms with Crippen LogP contribution in [0.3, 0.4) is 0 Å². The van der Waals surface area contributed by atoms with Gasteiger partial charge in [0.2, 0.25) is 0 Å². The summed E-state index contributed by atoms with van der Waals surface area (Å²) < 4.78 is 0. The molecule has 0 spiro atoms. The lowest BCUT2D eigenvalue weighted by molar-refractivity contribution is 1.10. The molecule has 0 aliphatic rings. The lowest BCUT2D eigenvalue weighted by Gasteiger charge is -2.10. The number of aromatic amines is 1. The first-order chi connectivity index (χ1) is 17.6. The summed E-state index contributed by atoms with van der Waals surface area (Å²) in [6, 6.07) is 16.7. The summed E-state index contributed by atoms with van der Waals surface area (Å²) in [6.45, 7) is 6.07. The Labute approximate surface area is 211 Å². The van der Waals surface area contributed by atoms with E-state index >= 15 is 0 Å². The molecule has 0 atom stereocenters. The molecular weight excluding hydrogens is 444 g/mol. The second-order valence-corrected chi connectivity index (χ2v) is 8.29. The first-order valence-electron chi connectivity index (χ1n) is 11.6. The lowest BCUT2D eigenvalue weighted by Crippen LogP contribution is -2.00. The molecule has 0 aliphatic heterocycles. The van der Waals surface area contributed by atoms with Gasteiger partial charge in [0.1, 0.15) is 5.82 Å². The number of nitrogen functional groups attached to an aromatic ring is 1. The van der Waals surface area contributed by atoms with E-state index in [0.29, 0.717) is 12.2 Å². The number of allylic oxidation sites excluding steroid dienone is 1. The summed E-state index contributed by atoms with van der Waals surface area (Å²) in [4.78, 5) is 16.5. The van der Waals surface area contributed by atoms with Crippen molar-refractivity contribution >= 4 is 22.4 Å². The highest BCUT2D eigenvalue weighted by molar-refractivity contribution is 5.95. The van der Waals surface area contributed by atoms with E-state index in [1.807, 2.05) is 30.7 Å². The Balaban J connectivity index is 0.00000148. The third kappa shape index (κ3) is 5.26. The van der Waals surface area contributed by atoms with Gasteiger partial charge in [-0.2, -0.15) is 0 Å². The molecule has 0 aliphatic carbocycles. The summed E-state index contributed by atoms with van der Waals surface area (Å²) in [6.07, 6.45) is 18.6. The highest BCUT2D eigenvalue weighted by Gasteiger charge is 2.11. The first kappa shape index (κ1) is 24.2. The molecule has 0 unspecified atom stereocenters. The maximum absolute atomic E-state index is 6.27. The molecule has 36 heavy (non-hydrogen) atoms. The SMILES string of the molecule is C#C.C=C(CC)Nc1cncc(-c2cnc(N)c(Cc3cc4c(-c5ccncc5)cccc4[nH]3)c2)c1. The fraction of sp³-hybridized carbons (Fsp3) is 0.100. The van der Waals surface area contributed by atoms with Crippen LogP contribution in [0.25, 0.3) is 33.2 Å². The van der Waals surface area contributed by atoms with Gasteiger partial charge in [-0.05, 0) is 53.9 Å². The molecule has 4 aromatic heterocycles. The van der Waals surface area contributed by atoms with E-state index in [0.717, 1.165) is 51.3 Å². The van der Waals surface area contributed by atoms with Crippen LogP contribution >= 0.6 is 0 Å². The average molecular weight is 473 g/mol. The fourth-order valence-corrected chi connectivity index (χ4v) is 4.08. The standard InChI is InChI=1S/C28H26N6.C2H2/c1-3-18(2)33-24-13-22(15-31-17-24)21-11-20(28(29)32-16-21)12-23-14-26-25(5-4-6-27(26)34-23)19-7-9-30-10-8-19;1-2/h4-11,13-17,33-34H,2-3,12H2,1H3,(H2,29,32);1-2H. The second-order valence-electron chi connectivity index (χ2n) is 8.29. The number of fused-ring (bicyclic) bond motifs is 1. The van der Waals surface area contributed by atoms with E-state index < -0.39 is 0 Å². The average Bonchev–Trinajstić information content (AvgIpc) is 3.34. The van der Waals surface area contributed by atoms with E-state index in [2.05, 4.69) is 88.0 Å². The number of nitrogens with one attached hydrogen (secondary N) is 2. The topological polar surface area (TPSA) is 92.5 Å². The zero-order valence-electron chi connectivity index (χ0n) is 20.2. The molecule has 0 saturated carbocycles. The van der Waals surface area contributed by atoms with Crippen molar-refractivity contribution in [2.24, 2.45) is 0 Å². The Morgan fingerprint density at radius 2 is 1.75 bits per heavy atom. The zero-order valence-corrected chi connectivity index (χ0v) is 20.2. The molecule has 0 fully saturated rings. The summed E-state index contributed by atoms with van der Waals surface area (Å²) in [5, 5.41) is 4.46. The number of nitrogens with zero attached hydrogens (tertiary/aromatic N) is 3. The van der Waals surface area contributed by atoms with Crippen molar-refractivity contribution in [1.82, 2.24) is 19.9 Å². The minimum absolute atomic E-state index is 0.526. The Bertz CT molecular complexity index is 1510. The highest BCUT2D eigenvalue weighted by atomic mass is 14.9. The van der Waals surface area contributed by atoms with Crippen LogP contribution in [0.1, 0.15) is 24.6 Å². The predicted octanol–water partition coefficient (Wildman–Crippen LogP) is 6.44. The molecule has 178 valence electrons. The lowest BCUT2D eigenvalue weighted by atomic mass is 10.0. The first-order valence-corrected chi connectivity index (χ1v) is 11.6. The molecule has 5 aromatic rings. The van der Waals surface area contributed by atoms with Gasteiger partial charge in [0.05, 0.1) is 11.9 Å². The molecule has 0 radical (unpaired) electrons. The van der Waals surface area contributed by atoms with Gasteiger partial charge < -0.3 is 16.0 Å². The van der Waals surface area contributed by atoms with Crippen LogP contribution in [-0.4, -0.2) is 19.9 Å². The van der Waals surface area contributed by atoms with Crippen molar-refractivity contribution in [3.63, 3.8) is 0 Å². The number of pyridine rings is 3. The van der Waals surface area contributed by atoms with E-state index in [9.17, 15) is 0 Å². The van der Waals surface area contributed by atoms with E-state index in [-0.39, 0.29) is 0 Å². The van der Waals surface area contributed by atoms with Crippen LogP contribution in [0.15, 0.2) is 91.8 Å². The minimum Gasteiger partial charge on any atom is -0.383 e. The smallest absolute Gasteiger partial charge is 0.126 e. The zero-order chi connectivity index (χ0) is 25.5. The fourth-order valence-electron chi connectivity index (χ4n) is 4.08. The molecule has 4 heterocycles. The van der Waals surface area contributed by atoms with Crippen molar-refractivity contribution in [1.29, 1.82) is 0 Å². The number of rotatable bonds is 7. The second kappa shape index (κ2) is 11.0. The third-order valence-electron chi connectivity index (χ3n) is 5.91. The molecule has 0 saturated heterocycles. The molecule has 1 aromatic carbocycles. The van der Waals surface area contributed by atoms with Crippen LogP contribution in [0, 0.1) is 12.8 Å². The van der Waals surface area contributed by atoms with Gasteiger partial charge in [0.25, 0.3) is 0 Å². The molecule has 5 rings (SSSR count). The predicted molar refractivity (Wildman–Crippen MR) is 149 cm³/mol. The number of nitrogens with two attached hydrogens (primary N) is 1. The molecule has 4 N–H and O–H groups in total. The van der Waals surface area contributed by atoms with Crippen LogP contribution in [0.2, 0.25) is 0 Å². The summed E-state index contributed by atoms with van der Waals surface area (Å²) >= 11 is 0. The maximum Gasteiger partial charge on any atom is 0.126 e. The Morgan fingerprint density at radius 1 is 0.972 bits per heavy atom. The molecule has 0 amide bonds. The van der Waals surface area contributed by atoms with Crippen molar-refractivity contribution in [2.45, 2.75) is 19.8 Å². The van der Waals surface area contributed by atoms with Gasteiger partial charge in [0.15, 0.2) is 0 Å². The summed E-state index contributed by atoms with van der Waals surface area (Å²) in [7, 11) is 0. The number of anilines is 2. The van der Waals surface area contributed by atoms with Gasteiger partial charge in [-0.3, -0.25) is 9.97 Å². The van der Waals surface area contributed by atoms with Crippen molar-refractivity contribution in [3.8, 4) is 35.1 Å². The largest absolute Gasteiger partial charge is 0.383 e. The summed E-state index contributed by atoms with van der Waals surface area (Å²) in [5.74, 6) is 0.526. The number of H-pyrrole nitrogens is 1.